The number of aliphatic carboxylic acids is 1. The molecule has 2 atom stereocenters. The molecule has 0 aliphatic carbocycles. The molecule has 6 nitrogen and oxygen atoms in total. The monoisotopic (exact) mass is 272 g/mol. The summed E-state index contributed by atoms with van der Waals surface area (Å²) in [6, 6.07) is -0.329. The van der Waals surface area contributed by atoms with Gasteiger partial charge >= 0.3 is 12.0 Å². The molecule has 0 bridgehead atoms. The Morgan fingerprint density at radius 2 is 2.11 bits per heavy atom. The summed E-state index contributed by atoms with van der Waals surface area (Å²) in [7, 11) is 0. The fraction of sp³-hybridized carbons (Fsp3) is 0.846. The number of carbonyl (C=O) groups excluding carboxylic acids is 1. The average Bonchev–Trinajstić information content (AvgIpc) is 2.76. The number of rotatable bonds is 6. The molecule has 1 aliphatic heterocycles. The number of urea groups is 1. The fourth-order valence-corrected chi connectivity index (χ4v) is 2.43. The zero-order valence-electron chi connectivity index (χ0n) is 12.0. The Hall–Kier alpha value is -1.30. The fourth-order valence-electron chi connectivity index (χ4n) is 2.43. The van der Waals surface area contributed by atoms with Gasteiger partial charge in [-0.25, -0.2) is 4.79 Å². The Bertz CT molecular complexity index is 322. The lowest BCUT2D eigenvalue weighted by Crippen LogP contribution is -2.47. The first kappa shape index (κ1) is 15.8. The minimum absolute atomic E-state index is 0.0848. The van der Waals surface area contributed by atoms with Crippen LogP contribution >= 0.6 is 0 Å². The zero-order valence-corrected chi connectivity index (χ0v) is 12.0. The summed E-state index contributed by atoms with van der Waals surface area (Å²) in [5.74, 6) is -1.27. The van der Waals surface area contributed by atoms with Gasteiger partial charge in [0, 0.05) is 32.3 Å². The molecule has 1 N–H and O–H groups in total. The molecule has 0 aromatic carbocycles. The Balaban J connectivity index is 2.58. The highest BCUT2D eigenvalue weighted by Gasteiger charge is 2.39. The molecule has 0 aromatic rings. The number of likely N-dealkylation sites (N-methyl/N-ethyl adjacent to an activating group) is 1. The van der Waals surface area contributed by atoms with E-state index in [1.165, 1.54) is 0 Å². The lowest BCUT2D eigenvalue weighted by molar-refractivity contribution is -0.142. The van der Waals surface area contributed by atoms with Crippen molar-refractivity contribution < 1.29 is 19.4 Å². The summed E-state index contributed by atoms with van der Waals surface area (Å²) in [5.41, 5.74) is 0. The van der Waals surface area contributed by atoms with E-state index < -0.39 is 11.9 Å². The molecule has 2 amide bonds. The Morgan fingerprint density at radius 3 is 2.58 bits per heavy atom. The minimum atomic E-state index is -0.819. The number of carboxylic acids is 1. The van der Waals surface area contributed by atoms with Gasteiger partial charge in [0.2, 0.25) is 0 Å². The molecule has 1 heterocycles. The van der Waals surface area contributed by atoms with Crippen molar-refractivity contribution >= 4 is 12.0 Å². The SMILES string of the molecule is CCOCCN(CC)C(=O)N1CCC(C(=O)O)C1C. The van der Waals surface area contributed by atoms with E-state index in [1.807, 2.05) is 13.8 Å². The number of amides is 2. The Labute approximate surface area is 114 Å². The highest BCUT2D eigenvalue weighted by atomic mass is 16.5. The van der Waals surface area contributed by atoms with E-state index in [9.17, 15) is 9.59 Å². The maximum Gasteiger partial charge on any atom is 0.320 e. The van der Waals surface area contributed by atoms with Crippen molar-refractivity contribution in [2.45, 2.75) is 33.2 Å². The van der Waals surface area contributed by atoms with Gasteiger partial charge < -0.3 is 19.6 Å². The van der Waals surface area contributed by atoms with Gasteiger partial charge in [-0.1, -0.05) is 0 Å². The zero-order chi connectivity index (χ0) is 14.4. The molecule has 1 fully saturated rings. The predicted octanol–water partition coefficient (Wildman–Crippen LogP) is 1.26. The van der Waals surface area contributed by atoms with Crippen LogP contribution in [-0.2, 0) is 9.53 Å². The van der Waals surface area contributed by atoms with Crippen LogP contribution in [0.5, 0.6) is 0 Å². The molecule has 19 heavy (non-hydrogen) atoms. The van der Waals surface area contributed by atoms with Gasteiger partial charge in [-0.05, 0) is 27.2 Å². The molecular weight excluding hydrogens is 248 g/mol. The van der Waals surface area contributed by atoms with Gasteiger partial charge in [0.1, 0.15) is 0 Å². The van der Waals surface area contributed by atoms with Crippen molar-refractivity contribution in [3.05, 3.63) is 0 Å². The van der Waals surface area contributed by atoms with E-state index in [4.69, 9.17) is 9.84 Å². The van der Waals surface area contributed by atoms with Crippen LogP contribution < -0.4 is 0 Å². The topological polar surface area (TPSA) is 70.1 Å². The average molecular weight is 272 g/mol. The molecule has 110 valence electrons. The third-order valence-corrected chi connectivity index (χ3v) is 3.68. The van der Waals surface area contributed by atoms with E-state index in [1.54, 1.807) is 16.7 Å². The number of hydrogen-bond acceptors (Lipinski definition) is 3. The summed E-state index contributed by atoms with van der Waals surface area (Å²) < 4.78 is 5.26. The smallest absolute Gasteiger partial charge is 0.320 e. The second-order valence-corrected chi connectivity index (χ2v) is 4.73. The van der Waals surface area contributed by atoms with Crippen LogP contribution in [0.25, 0.3) is 0 Å². The van der Waals surface area contributed by atoms with Gasteiger partial charge in [-0.15, -0.1) is 0 Å². The lowest BCUT2D eigenvalue weighted by Gasteiger charge is -2.30. The Kier molecular flexibility index (Phi) is 6.08. The van der Waals surface area contributed by atoms with Gasteiger partial charge in [0.05, 0.1) is 12.5 Å². The number of likely N-dealkylation sites (tertiary alicyclic amines) is 1. The second kappa shape index (κ2) is 7.33. The normalized spacial score (nSPS) is 22.6. The third kappa shape index (κ3) is 3.83. The van der Waals surface area contributed by atoms with Crippen molar-refractivity contribution in [3.63, 3.8) is 0 Å². The first-order valence-corrected chi connectivity index (χ1v) is 6.89. The second-order valence-electron chi connectivity index (χ2n) is 4.73. The molecule has 1 rings (SSSR count). The number of carbonyl (C=O) groups is 2. The van der Waals surface area contributed by atoms with E-state index >= 15 is 0 Å². The van der Waals surface area contributed by atoms with E-state index in [0.29, 0.717) is 39.3 Å². The quantitative estimate of drug-likeness (QED) is 0.739. The van der Waals surface area contributed by atoms with Crippen LogP contribution in [0.2, 0.25) is 0 Å². The van der Waals surface area contributed by atoms with Crippen molar-refractivity contribution in [1.82, 2.24) is 9.80 Å². The van der Waals surface area contributed by atoms with Gasteiger partial charge in [0.15, 0.2) is 0 Å². The van der Waals surface area contributed by atoms with Gasteiger partial charge in [-0.2, -0.15) is 0 Å². The molecule has 0 radical (unpaired) electrons. The maximum absolute atomic E-state index is 12.4. The van der Waals surface area contributed by atoms with Gasteiger partial charge in [0.25, 0.3) is 0 Å². The molecule has 0 aromatic heterocycles. The first-order chi connectivity index (χ1) is 9.02. The predicted molar refractivity (Wildman–Crippen MR) is 71.0 cm³/mol. The number of ether oxygens (including phenoxy) is 1. The van der Waals surface area contributed by atoms with Crippen LogP contribution in [0.15, 0.2) is 0 Å². The molecule has 2 unspecified atom stereocenters. The molecule has 0 spiro atoms. The summed E-state index contributed by atoms with van der Waals surface area (Å²) in [6.45, 7) is 8.45. The van der Waals surface area contributed by atoms with Crippen molar-refractivity contribution in [3.8, 4) is 0 Å². The number of nitrogens with zero attached hydrogens (tertiary/aromatic N) is 2. The summed E-state index contributed by atoms with van der Waals surface area (Å²) in [4.78, 5) is 26.8. The van der Waals surface area contributed by atoms with Crippen LogP contribution in [0, 0.1) is 5.92 Å². The molecular formula is C13H24N2O4. The first-order valence-electron chi connectivity index (χ1n) is 6.89. The lowest BCUT2D eigenvalue weighted by atomic mass is 10.0. The number of carboxylic acid groups (broad SMARTS) is 1. The van der Waals surface area contributed by atoms with Crippen molar-refractivity contribution in [2.24, 2.45) is 5.92 Å². The van der Waals surface area contributed by atoms with E-state index in [-0.39, 0.29) is 12.1 Å². The minimum Gasteiger partial charge on any atom is -0.481 e. The highest BCUT2D eigenvalue weighted by molar-refractivity contribution is 5.78. The third-order valence-electron chi connectivity index (χ3n) is 3.68. The van der Waals surface area contributed by atoms with E-state index in [0.717, 1.165) is 0 Å². The van der Waals surface area contributed by atoms with Crippen LogP contribution in [-0.4, -0.2) is 65.8 Å². The molecule has 1 aliphatic rings. The molecule has 0 saturated carbocycles. The highest BCUT2D eigenvalue weighted by Crippen LogP contribution is 2.25. The van der Waals surface area contributed by atoms with Crippen molar-refractivity contribution in [1.29, 1.82) is 0 Å². The van der Waals surface area contributed by atoms with Gasteiger partial charge in [-0.3, -0.25) is 4.79 Å². The molecule has 6 heteroatoms. The van der Waals surface area contributed by atoms with Crippen molar-refractivity contribution in [2.75, 3.05) is 32.8 Å². The standard InChI is InChI=1S/C13H24N2O4/c1-4-14(8-9-19-5-2)13(18)15-7-6-11(10(15)3)12(16)17/h10-11H,4-9H2,1-3H3,(H,16,17). The van der Waals surface area contributed by atoms with Crippen LogP contribution in [0.3, 0.4) is 0 Å². The summed E-state index contributed by atoms with van der Waals surface area (Å²) in [6.07, 6.45) is 0.533. The van der Waals surface area contributed by atoms with Crippen LogP contribution in [0.1, 0.15) is 27.2 Å². The van der Waals surface area contributed by atoms with E-state index in [2.05, 4.69) is 0 Å². The summed E-state index contributed by atoms with van der Waals surface area (Å²) in [5, 5.41) is 9.08. The number of hydrogen-bond donors (Lipinski definition) is 1. The van der Waals surface area contributed by atoms with Crippen LogP contribution in [0.4, 0.5) is 4.79 Å². The Morgan fingerprint density at radius 1 is 1.42 bits per heavy atom. The maximum atomic E-state index is 12.4. The summed E-state index contributed by atoms with van der Waals surface area (Å²) >= 11 is 0. The molecule has 1 saturated heterocycles. The largest absolute Gasteiger partial charge is 0.481 e.